The van der Waals surface area contributed by atoms with Crippen LogP contribution in [0.5, 0.6) is 0 Å². The second-order valence-corrected chi connectivity index (χ2v) is 5.89. The van der Waals surface area contributed by atoms with Gasteiger partial charge >= 0.3 is 0 Å². The summed E-state index contributed by atoms with van der Waals surface area (Å²) in [6.07, 6.45) is 4.79. The molecule has 0 aromatic heterocycles. The number of benzene rings is 1. The van der Waals surface area contributed by atoms with Crippen LogP contribution in [0.25, 0.3) is 0 Å². The fourth-order valence-electron chi connectivity index (χ4n) is 2.75. The van der Waals surface area contributed by atoms with Crippen molar-refractivity contribution in [2.75, 3.05) is 19.6 Å². The first kappa shape index (κ1) is 15.0. The van der Waals surface area contributed by atoms with Crippen molar-refractivity contribution >= 4 is 0 Å². The molecule has 0 amide bonds. The van der Waals surface area contributed by atoms with Gasteiger partial charge in [0.1, 0.15) is 5.54 Å². The van der Waals surface area contributed by atoms with Crippen LogP contribution in [-0.4, -0.2) is 24.5 Å². The highest BCUT2D eigenvalue weighted by atomic mass is 15.1. The zero-order valence-electron chi connectivity index (χ0n) is 12.4. The summed E-state index contributed by atoms with van der Waals surface area (Å²) >= 11 is 0. The van der Waals surface area contributed by atoms with Crippen LogP contribution in [0.4, 0.5) is 0 Å². The summed E-state index contributed by atoms with van der Waals surface area (Å²) in [6, 6.07) is 12.1. The second-order valence-electron chi connectivity index (χ2n) is 5.89. The van der Waals surface area contributed by atoms with E-state index in [0.717, 1.165) is 31.1 Å². The molecular formula is C17H25N3. The average Bonchev–Trinajstić information content (AvgIpc) is 2.46. The van der Waals surface area contributed by atoms with Gasteiger partial charge in [-0.3, -0.25) is 0 Å². The molecule has 1 aromatic carbocycles. The lowest BCUT2D eigenvalue weighted by Crippen LogP contribution is -2.41. The molecule has 3 heteroatoms. The van der Waals surface area contributed by atoms with E-state index in [1.807, 2.05) is 30.3 Å². The molecule has 0 radical (unpaired) electrons. The minimum Gasteiger partial charge on any atom is -0.310 e. The van der Waals surface area contributed by atoms with Crippen LogP contribution in [0.3, 0.4) is 0 Å². The normalized spacial score (nSPS) is 18.3. The molecule has 1 aromatic rings. The van der Waals surface area contributed by atoms with E-state index in [9.17, 15) is 5.26 Å². The summed E-state index contributed by atoms with van der Waals surface area (Å²) < 4.78 is 0. The van der Waals surface area contributed by atoms with Gasteiger partial charge < -0.3 is 10.6 Å². The molecule has 1 saturated carbocycles. The van der Waals surface area contributed by atoms with Crippen molar-refractivity contribution < 1.29 is 0 Å². The average molecular weight is 271 g/mol. The van der Waals surface area contributed by atoms with Gasteiger partial charge in [-0.25, -0.2) is 0 Å². The molecule has 108 valence electrons. The van der Waals surface area contributed by atoms with Crippen LogP contribution in [0, 0.1) is 17.2 Å². The lowest BCUT2D eigenvalue weighted by Gasteiger charge is -2.33. The summed E-state index contributed by atoms with van der Waals surface area (Å²) in [5, 5.41) is 9.47. The van der Waals surface area contributed by atoms with Gasteiger partial charge in [-0.05, 0) is 37.3 Å². The van der Waals surface area contributed by atoms with E-state index in [4.69, 9.17) is 5.73 Å². The first-order valence-electron chi connectivity index (χ1n) is 7.66. The van der Waals surface area contributed by atoms with Gasteiger partial charge in [-0.15, -0.1) is 0 Å². The number of nitrogens with zero attached hydrogens (tertiary/aromatic N) is 2. The molecule has 3 nitrogen and oxygen atoms in total. The molecule has 1 fully saturated rings. The Hall–Kier alpha value is -1.37. The maximum absolute atomic E-state index is 9.47. The number of nitrogens with two attached hydrogens (primary N) is 1. The lowest BCUT2D eigenvalue weighted by molar-refractivity contribution is 0.176. The van der Waals surface area contributed by atoms with Gasteiger partial charge in [0.15, 0.2) is 0 Å². The van der Waals surface area contributed by atoms with Crippen LogP contribution >= 0.6 is 0 Å². The molecule has 1 unspecified atom stereocenters. The topological polar surface area (TPSA) is 53.0 Å². The summed E-state index contributed by atoms with van der Waals surface area (Å²) in [5.74, 6) is 0.862. The lowest BCUT2D eigenvalue weighted by atomic mass is 9.84. The number of hydrogen-bond donors (Lipinski definition) is 1. The Labute approximate surface area is 122 Å². The minimum atomic E-state index is -0.867. The largest absolute Gasteiger partial charge is 0.310 e. The molecule has 2 N–H and O–H groups in total. The smallest absolute Gasteiger partial charge is 0.131 e. The Morgan fingerprint density at radius 2 is 2.05 bits per heavy atom. The Morgan fingerprint density at radius 1 is 1.35 bits per heavy atom. The molecule has 0 heterocycles. The van der Waals surface area contributed by atoms with E-state index in [0.29, 0.717) is 6.42 Å². The maximum Gasteiger partial charge on any atom is 0.131 e. The molecular weight excluding hydrogens is 246 g/mol. The first-order valence-corrected chi connectivity index (χ1v) is 7.66. The third-order valence-corrected chi connectivity index (χ3v) is 4.50. The van der Waals surface area contributed by atoms with E-state index in [1.165, 1.54) is 19.3 Å². The Balaban J connectivity index is 1.93. The van der Waals surface area contributed by atoms with Crippen LogP contribution in [0.2, 0.25) is 0 Å². The fourth-order valence-corrected chi connectivity index (χ4v) is 2.75. The Morgan fingerprint density at radius 3 is 2.55 bits per heavy atom. The van der Waals surface area contributed by atoms with Crippen molar-refractivity contribution in [1.82, 2.24) is 4.90 Å². The van der Waals surface area contributed by atoms with E-state index >= 15 is 0 Å². The third-order valence-electron chi connectivity index (χ3n) is 4.50. The fraction of sp³-hybridized carbons (Fsp3) is 0.588. The first-order chi connectivity index (χ1) is 9.68. The predicted molar refractivity (Wildman–Crippen MR) is 82.0 cm³/mol. The van der Waals surface area contributed by atoms with E-state index < -0.39 is 5.54 Å². The molecule has 20 heavy (non-hydrogen) atoms. The zero-order chi connectivity index (χ0) is 14.4. The van der Waals surface area contributed by atoms with Crippen molar-refractivity contribution in [1.29, 1.82) is 5.26 Å². The summed E-state index contributed by atoms with van der Waals surface area (Å²) in [4.78, 5) is 2.44. The van der Waals surface area contributed by atoms with Crippen molar-refractivity contribution in [2.24, 2.45) is 11.7 Å². The molecule has 2 rings (SSSR count). The van der Waals surface area contributed by atoms with Crippen LogP contribution < -0.4 is 5.73 Å². The van der Waals surface area contributed by atoms with Crippen LogP contribution in [-0.2, 0) is 5.54 Å². The van der Waals surface area contributed by atoms with Gasteiger partial charge in [0.25, 0.3) is 0 Å². The van der Waals surface area contributed by atoms with E-state index in [1.54, 1.807) is 0 Å². The minimum absolute atomic E-state index is 0.689. The second kappa shape index (κ2) is 6.88. The number of hydrogen-bond acceptors (Lipinski definition) is 3. The molecule has 0 saturated heterocycles. The third kappa shape index (κ3) is 3.59. The zero-order valence-corrected chi connectivity index (χ0v) is 12.4. The molecule has 0 bridgehead atoms. The van der Waals surface area contributed by atoms with E-state index in [-0.39, 0.29) is 0 Å². The standard InChI is InChI=1S/C17H25N3/c1-2-20(13-15-7-6-8-15)12-11-17(19,14-18)16-9-4-3-5-10-16/h3-5,9-10,15H,2,6-8,11-13,19H2,1H3. The highest BCUT2D eigenvalue weighted by molar-refractivity contribution is 5.30. The highest BCUT2D eigenvalue weighted by Crippen LogP contribution is 2.28. The van der Waals surface area contributed by atoms with Gasteiger partial charge in [0, 0.05) is 13.1 Å². The van der Waals surface area contributed by atoms with Crippen molar-refractivity contribution in [3.63, 3.8) is 0 Å². The summed E-state index contributed by atoms with van der Waals surface area (Å²) in [5.41, 5.74) is 6.36. The van der Waals surface area contributed by atoms with Crippen molar-refractivity contribution in [3.8, 4) is 6.07 Å². The van der Waals surface area contributed by atoms with Crippen molar-refractivity contribution in [3.05, 3.63) is 35.9 Å². The Kier molecular flexibility index (Phi) is 5.17. The number of rotatable bonds is 7. The molecule has 1 aliphatic carbocycles. The number of nitriles is 1. The van der Waals surface area contributed by atoms with Crippen LogP contribution in [0.1, 0.15) is 38.2 Å². The van der Waals surface area contributed by atoms with Crippen LogP contribution in [0.15, 0.2) is 30.3 Å². The molecule has 0 aliphatic heterocycles. The Bertz CT molecular complexity index is 447. The van der Waals surface area contributed by atoms with Gasteiger partial charge in [0.2, 0.25) is 0 Å². The predicted octanol–water partition coefficient (Wildman–Crippen LogP) is 2.88. The van der Waals surface area contributed by atoms with Gasteiger partial charge in [-0.2, -0.15) is 5.26 Å². The highest BCUT2D eigenvalue weighted by Gasteiger charge is 2.28. The molecule has 0 spiro atoms. The van der Waals surface area contributed by atoms with E-state index in [2.05, 4.69) is 17.9 Å². The monoisotopic (exact) mass is 271 g/mol. The van der Waals surface area contributed by atoms with Gasteiger partial charge in [0.05, 0.1) is 6.07 Å². The summed E-state index contributed by atoms with van der Waals surface area (Å²) in [6.45, 7) is 5.28. The SMILES string of the molecule is CCN(CCC(N)(C#N)c1ccccc1)CC1CCC1. The van der Waals surface area contributed by atoms with Gasteiger partial charge in [-0.1, -0.05) is 43.7 Å². The summed E-state index contributed by atoms with van der Waals surface area (Å²) in [7, 11) is 0. The molecule has 1 atom stereocenters. The maximum atomic E-state index is 9.47. The quantitative estimate of drug-likeness (QED) is 0.829. The van der Waals surface area contributed by atoms with Crippen molar-refractivity contribution in [2.45, 2.75) is 38.1 Å². The molecule has 1 aliphatic rings.